The first-order valence-electron chi connectivity index (χ1n) is 7.34. The minimum atomic E-state index is -0.286. The van der Waals surface area contributed by atoms with E-state index in [0.29, 0.717) is 24.5 Å². The molecule has 1 amide bonds. The number of rotatable bonds is 4. The molecule has 0 unspecified atom stereocenters. The Morgan fingerprint density at radius 2 is 2.04 bits per heavy atom. The maximum absolute atomic E-state index is 12.0. The molecule has 1 aromatic heterocycles. The van der Waals surface area contributed by atoms with Gasteiger partial charge in [0.05, 0.1) is 23.9 Å². The first-order chi connectivity index (χ1) is 11.6. The molecular weight excluding hydrogens is 442 g/mol. The van der Waals surface area contributed by atoms with Crippen LogP contribution in [0.25, 0.3) is 0 Å². The molecule has 3 rings (SSSR count). The van der Waals surface area contributed by atoms with E-state index in [0.717, 1.165) is 27.9 Å². The van der Waals surface area contributed by atoms with Gasteiger partial charge >= 0.3 is 0 Å². The number of halogens is 2. The van der Waals surface area contributed by atoms with Gasteiger partial charge in [0.1, 0.15) is 0 Å². The quantitative estimate of drug-likeness (QED) is 0.565. The molecule has 1 fully saturated rings. The zero-order valence-electron chi connectivity index (χ0n) is 12.7. The van der Waals surface area contributed by atoms with Gasteiger partial charge in [-0.25, -0.2) is 5.43 Å². The molecule has 2 aromatic rings. The summed E-state index contributed by atoms with van der Waals surface area (Å²) in [5.41, 5.74) is 3.01. The van der Waals surface area contributed by atoms with Crippen molar-refractivity contribution in [3.63, 3.8) is 0 Å². The van der Waals surface area contributed by atoms with Crippen LogP contribution >= 0.6 is 31.9 Å². The SMILES string of the molecule is O=C(N/N=C\c1cc(Br)c(N2CCOCC2)o1)c1cccc(Br)c1. The van der Waals surface area contributed by atoms with Crippen LogP contribution in [-0.4, -0.2) is 38.4 Å². The van der Waals surface area contributed by atoms with Crippen molar-refractivity contribution in [1.82, 2.24) is 5.43 Å². The number of carbonyl (C=O) groups excluding carboxylic acids is 1. The van der Waals surface area contributed by atoms with Crippen LogP contribution in [0.15, 0.2) is 48.8 Å². The van der Waals surface area contributed by atoms with Gasteiger partial charge in [-0.2, -0.15) is 5.10 Å². The Labute approximate surface area is 156 Å². The van der Waals surface area contributed by atoms with Gasteiger partial charge in [0.15, 0.2) is 5.76 Å². The molecule has 8 heteroatoms. The second-order valence-corrected chi connectivity index (χ2v) is 6.88. The highest BCUT2D eigenvalue weighted by atomic mass is 79.9. The molecule has 0 aliphatic carbocycles. The molecule has 126 valence electrons. The van der Waals surface area contributed by atoms with Crippen molar-refractivity contribution in [2.75, 3.05) is 31.2 Å². The molecule has 1 aliphatic rings. The number of ether oxygens (including phenoxy) is 1. The number of benzene rings is 1. The first-order valence-corrected chi connectivity index (χ1v) is 8.93. The summed E-state index contributed by atoms with van der Waals surface area (Å²) in [4.78, 5) is 14.1. The number of hydrogen-bond donors (Lipinski definition) is 1. The first kappa shape index (κ1) is 17.2. The van der Waals surface area contributed by atoms with Crippen molar-refractivity contribution in [1.29, 1.82) is 0 Å². The Bertz CT molecular complexity index is 755. The summed E-state index contributed by atoms with van der Waals surface area (Å²) in [6, 6.07) is 8.91. The van der Waals surface area contributed by atoms with Gasteiger partial charge in [0.25, 0.3) is 5.91 Å². The van der Waals surface area contributed by atoms with E-state index in [2.05, 4.69) is 47.3 Å². The standard InChI is InChI=1S/C16H15Br2N3O3/c17-12-3-1-2-11(8-12)15(22)20-19-10-13-9-14(18)16(24-13)21-4-6-23-7-5-21/h1-3,8-10H,4-7H2,(H,20,22)/b19-10-. The number of hydrogen-bond acceptors (Lipinski definition) is 5. The Balaban J connectivity index is 1.63. The number of nitrogens with zero attached hydrogens (tertiary/aromatic N) is 2. The third-order valence-electron chi connectivity index (χ3n) is 3.43. The fraction of sp³-hybridized carbons (Fsp3) is 0.250. The number of anilines is 1. The lowest BCUT2D eigenvalue weighted by Crippen LogP contribution is -2.36. The summed E-state index contributed by atoms with van der Waals surface area (Å²) in [6.45, 7) is 2.92. The van der Waals surface area contributed by atoms with Crippen molar-refractivity contribution in [3.05, 3.63) is 50.6 Å². The van der Waals surface area contributed by atoms with Gasteiger partial charge in [-0.05, 0) is 34.1 Å². The van der Waals surface area contributed by atoms with E-state index in [-0.39, 0.29) is 5.91 Å². The maximum Gasteiger partial charge on any atom is 0.271 e. The lowest BCUT2D eigenvalue weighted by molar-refractivity contribution is 0.0955. The molecule has 1 aromatic carbocycles. The average molecular weight is 457 g/mol. The maximum atomic E-state index is 12.0. The van der Waals surface area contributed by atoms with E-state index in [1.807, 2.05) is 12.1 Å². The Kier molecular flexibility index (Phi) is 5.70. The van der Waals surface area contributed by atoms with E-state index < -0.39 is 0 Å². The second-order valence-electron chi connectivity index (χ2n) is 5.11. The average Bonchev–Trinajstić information content (AvgIpc) is 2.96. The molecule has 1 saturated heterocycles. The van der Waals surface area contributed by atoms with Gasteiger partial charge in [0.2, 0.25) is 5.88 Å². The number of amides is 1. The summed E-state index contributed by atoms with van der Waals surface area (Å²) in [5, 5.41) is 3.95. The van der Waals surface area contributed by atoms with Gasteiger partial charge < -0.3 is 14.1 Å². The van der Waals surface area contributed by atoms with Crippen LogP contribution in [-0.2, 0) is 4.74 Å². The van der Waals surface area contributed by atoms with Crippen LogP contribution in [0.3, 0.4) is 0 Å². The lowest BCUT2D eigenvalue weighted by atomic mass is 10.2. The Morgan fingerprint density at radius 1 is 1.25 bits per heavy atom. The molecule has 0 bridgehead atoms. The van der Waals surface area contributed by atoms with Gasteiger partial charge in [-0.15, -0.1) is 0 Å². The third-order valence-corrected chi connectivity index (χ3v) is 4.49. The monoisotopic (exact) mass is 455 g/mol. The highest BCUT2D eigenvalue weighted by Gasteiger charge is 2.18. The normalized spacial score (nSPS) is 15.0. The van der Waals surface area contributed by atoms with Gasteiger partial charge in [0, 0.05) is 29.2 Å². The Morgan fingerprint density at radius 3 is 2.79 bits per heavy atom. The molecule has 1 aliphatic heterocycles. The van der Waals surface area contributed by atoms with E-state index in [9.17, 15) is 4.79 Å². The van der Waals surface area contributed by atoms with Crippen LogP contribution in [0.2, 0.25) is 0 Å². The molecule has 0 spiro atoms. The summed E-state index contributed by atoms with van der Waals surface area (Å²) in [5.74, 6) is 1.02. The van der Waals surface area contributed by atoms with Crippen LogP contribution in [0, 0.1) is 0 Å². The molecular formula is C16H15Br2N3O3. The largest absolute Gasteiger partial charge is 0.438 e. The van der Waals surface area contributed by atoms with E-state index in [4.69, 9.17) is 9.15 Å². The van der Waals surface area contributed by atoms with Crippen LogP contribution in [0.5, 0.6) is 0 Å². The minimum absolute atomic E-state index is 0.286. The molecule has 0 atom stereocenters. The number of furan rings is 1. The van der Waals surface area contributed by atoms with E-state index in [1.54, 1.807) is 18.2 Å². The zero-order valence-corrected chi connectivity index (χ0v) is 15.8. The predicted octanol–water partition coefficient (Wildman–Crippen LogP) is 3.41. The lowest BCUT2D eigenvalue weighted by Gasteiger charge is -2.26. The summed E-state index contributed by atoms with van der Waals surface area (Å²) in [7, 11) is 0. The topological polar surface area (TPSA) is 67.1 Å². The van der Waals surface area contributed by atoms with E-state index in [1.165, 1.54) is 6.21 Å². The number of hydrazone groups is 1. The van der Waals surface area contributed by atoms with Crippen molar-refractivity contribution < 1.29 is 13.9 Å². The molecule has 0 saturated carbocycles. The number of carbonyl (C=O) groups is 1. The van der Waals surface area contributed by atoms with Crippen molar-refractivity contribution >= 4 is 49.9 Å². The molecule has 6 nitrogen and oxygen atoms in total. The van der Waals surface area contributed by atoms with Crippen LogP contribution in [0.1, 0.15) is 16.1 Å². The van der Waals surface area contributed by atoms with Gasteiger partial charge in [-0.3, -0.25) is 4.79 Å². The summed E-state index contributed by atoms with van der Waals surface area (Å²) in [6.07, 6.45) is 1.48. The number of morpholine rings is 1. The second kappa shape index (κ2) is 7.96. The Hall–Kier alpha value is -1.64. The van der Waals surface area contributed by atoms with Crippen LogP contribution in [0.4, 0.5) is 5.88 Å². The fourth-order valence-electron chi connectivity index (χ4n) is 2.27. The van der Waals surface area contributed by atoms with Crippen molar-refractivity contribution in [2.45, 2.75) is 0 Å². The summed E-state index contributed by atoms with van der Waals surface area (Å²) < 4.78 is 12.8. The smallest absolute Gasteiger partial charge is 0.271 e. The fourth-order valence-corrected chi connectivity index (χ4v) is 3.23. The molecule has 2 heterocycles. The third kappa shape index (κ3) is 4.25. The highest BCUT2D eigenvalue weighted by Crippen LogP contribution is 2.30. The zero-order chi connectivity index (χ0) is 16.9. The molecule has 24 heavy (non-hydrogen) atoms. The predicted molar refractivity (Wildman–Crippen MR) is 98.6 cm³/mol. The minimum Gasteiger partial charge on any atom is -0.438 e. The summed E-state index contributed by atoms with van der Waals surface area (Å²) >= 11 is 6.82. The highest BCUT2D eigenvalue weighted by molar-refractivity contribution is 9.10. The molecule has 1 N–H and O–H groups in total. The molecule has 0 radical (unpaired) electrons. The van der Waals surface area contributed by atoms with Crippen molar-refractivity contribution in [3.8, 4) is 0 Å². The van der Waals surface area contributed by atoms with E-state index >= 15 is 0 Å². The number of nitrogens with one attached hydrogen (secondary N) is 1. The van der Waals surface area contributed by atoms with Crippen molar-refractivity contribution in [2.24, 2.45) is 5.10 Å². The van der Waals surface area contributed by atoms with Crippen LogP contribution < -0.4 is 10.3 Å². The van der Waals surface area contributed by atoms with Gasteiger partial charge in [-0.1, -0.05) is 22.0 Å².